The van der Waals surface area contributed by atoms with Gasteiger partial charge in [0, 0.05) is 32.2 Å². The molecule has 2 aromatic rings. The summed E-state index contributed by atoms with van der Waals surface area (Å²) in [6.45, 7) is 4.61. The first kappa shape index (κ1) is 19.3. The van der Waals surface area contributed by atoms with Crippen molar-refractivity contribution in [2.75, 3.05) is 26.2 Å². The van der Waals surface area contributed by atoms with E-state index in [4.69, 9.17) is 0 Å². The van der Waals surface area contributed by atoms with Gasteiger partial charge in [-0.25, -0.2) is 0 Å². The topological polar surface area (TPSA) is 15.3 Å². The Hall–Kier alpha value is -1.06. The SMILES string of the molecule is Cl.Cl.c1ccc(-c2cccc([C@@H](C3CC3)N3CCNCC3)c2)cc1. The summed E-state index contributed by atoms with van der Waals surface area (Å²) in [6, 6.07) is 20.6. The third kappa shape index (κ3) is 4.31. The van der Waals surface area contributed by atoms with Gasteiger partial charge in [0.25, 0.3) is 0 Å². The maximum absolute atomic E-state index is 3.48. The first-order valence-electron chi connectivity index (χ1n) is 8.52. The molecule has 2 fully saturated rings. The van der Waals surface area contributed by atoms with Crippen molar-refractivity contribution in [2.24, 2.45) is 5.92 Å². The molecule has 2 aliphatic rings. The number of hydrogen-bond acceptors (Lipinski definition) is 2. The maximum atomic E-state index is 3.48. The lowest BCUT2D eigenvalue weighted by molar-refractivity contribution is 0.156. The summed E-state index contributed by atoms with van der Waals surface area (Å²) in [5, 5.41) is 3.48. The van der Waals surface area contributed by atoms with Crippen molar-refractivity contribution in [2.45, 2.75) is 18.9 Å². The lowest BCUT2D eigenvalue weighted by atomic mass is 9.95. The van der Waals surface area contributed by atoms with Crippen LogP contribution in [0.2, 0.25) is 0 Å². The van der Waals surface area contributed by atoms with Gasteiger partial charge in [-0.1, -0.05) is 48.5 Å². The van der Waals surface area contributed by atoms with Crippen LogP contribution >= 0.6 is 24.8 Å². The van der Waals surface area contributed by atoms with Crippen molar-refractivity contribution in [3.8, 4) is 11.1 Å². The van der Waals surface area contributed by atoms with Crippen LogP contribution in [0.3, 0.4) is 0 Å². The molecule has 1 N–H and O–H groups in total. The van der Waals surface area contributed by atoms with E-state index in [9.17, 15) is 0 Å². The molecule has 24 heavy (non-hydrogen) atoms. The van der Waals surface area contributed by atoms with Crippen LogP contribution in [-0.2, 0) is 0 Å². The van der Waals surface area contributed by atoms with E-state index in [0.717, 1.165) is 19.0 Å². The molecule has 4 heteroatoms. The molecule has 2 aromatic carbocycles. The number of piperazine rings is 1. The largest absolute Gasteiger partial charge is 0.314 e. The van der Waals surface area contributed by atoms with Crippen molar-refractivity contribution in [1.82, 2.24) is 10.2 Å². The first-order chi connectivity index (χ1) is 10.9. The third-order valence-electron chi connectivity index (χ3n) is 4.95. The van der Waals surface area contributed by atoms with Crippen LogP contribution in [0.4, 0.5) is 0 Å². The average molecular weight is 365 g/mol. The number of rotatable bonds is 4. The van der Waals surface area contributed by atoms with Gasteiger partial charge < -0.3 is 5.32 Å². The standard InChI is InChI=1S/C20H24N2.2ClH/c1-2-5-16(6-3-1)18-7-4-8-19(15-18)20(17-9-10-17)22-13-11-21-12-14-22;;/h1-8,15,17,20-21H,9-14H2;2*1H/t20-;;/m1../s1. The fourth-order valence-corrected chi connectivity index (χ4v) is 3.69. The summed E-state index contributed by atoms with van der Waals surface area (Å²) in [5.74, 6) is 0.865. The van der Waals surface area contributed by atoms with E-state index >= 15 is 0 Å². The van der Waals surface area contributed by atoms with Crippen molar-refractivity contribution in [3.05, 3.63) is 60.2 Å². The summed E-state index contributed by atoms with van der Waals surface area (Å²) in [5.41, 5.74) is 4.17. The third-order valence-corrected chi connectivity index (χ3v) is 4.95. The van der Waals surface area contributed by atoms with E-state index in [1.807, 2.05) is 0 Å². The molecular weight excluding hydrogens is 339 g/mol. The molecule has 4 rings (SSSR count). The molecule has 0 amide bonds. The molecule has 0 spiro atoms. The van der Waals surface area contributed by atoms with Crippen molar-refractivity contribution < 1.29 is 0 Å². The molecule has 0 bridgehead atoms. The molecule has 1 atom stereocenters. The highest BCUT2D eigenvalue weighted by atomic mass is 35.5. The second-order valence-corrected chi connectivity index (χ2v) is 6.56. The Balaban J connectivity index is 0.00000104. The predicted octanol–water partition coefficient (Wildman–Crippen LogP) is 4.55. The van der Waals surface area contributed by atoms with Crippen LogP contribution in [0.15, 0.2) is 54.6 Å². The monoisotopic (exact) mass is 364 g/mol. The molecule has 1 saturated carbocycles. The molecule has 2 nitrogen and oxygen atoms in total. The van der Waals surface area contributed by atoms with Crippen LogP contribution < -0.4 is 5.32 Å². The van der Waals surface area contributed by atoms with Gasteiger partial charge in [-0.3, -0.25) is 4.90 Å². The van der Waals surface area contributed by atoms with Gasteiger partial charge in [0.1, 0.15) is 0 Å². The molecule has 1 aliphatic carbocycles. The molecule has 130 valence electrons. The number of nitrogens with zero attached hydrogens (tertiary/aromatic N) is 1. The van der Waals surface area contributed by atoms with Gasteiger partial charge >= 0.3 is 0 Å². The minimum absolute atomic E-state index is 0. The zero-order valence-electron chi connectivity index (χ0n) is 13.9. The summed E-state index contributed by atoms with van der Waals surface area (Å²) in [4.78, 5) is 2.69. The molecule has 0 radical (unpaired) electrons. The van der Waals surface area contributed by atoms with E-state index in [-0.39, 0.29) is 24.8 Å². The molecule has 1 aliphatic heterocycles. The van der Waals surface area contributed by atoms with Gasteiger partial charge in [-0.2, -0.15) is 0 Å². The van der Waals surface area contributed by atoms with Crippen LogP contribution in [-0.4, -0.2) is 31.1 Å². The van der Waals surface area contributed by atoms with Crippen molar-refractivity contribution in [1.29, 1.82) is 0 Å². The van der Waals surface area contributed by atoms with E-state index in [1.165, 1.54) is 42.6 Å². The first-order valence-corrected chi connectivity index (χ1v) is 8.52. The average Bonchev–Trinajstić information content (AvgIpc) is 3.42. The summed E-state index contributed by atoms with van der Waals surface area (Å²) in [7, 11) is 0. The zero-order chi connectivity index (χ0) is 14.8. The lowest BCUT2D eigenvalue weighted by Gasteiger charge is -2.35. The minimum atomic E-state index is 0. The number of hydrogen-bond donors (Lipinski definition) is 1. The van der Waals surface area contributed by atoms with Crippen LogP contribution in [0.1, 0.15) is 24.4 Å². The Morgan fingerprint density at radius 2 is 1.50 bits per heavy atom. The Morgan fingerprint density at radius 3 is 2.17 bits per heavy atom. The maximum Gasteiger partial charge on any atom is 0.0377 e. The normalized spacial score (nSPS) is 19.0. The lowest BCUT2D eigenvalue weighted by Crippen LogP contribution is -2.45. The van der Waals surface area contributed by atoms with Crippen LogP contribution in [0.25, 0.3) is 11.1 Å². The van der Waals surface area contributed by atoms with Crippen molar-refractivity contribution in [3.63, 3.8) is 0 Å². The van der Waals surface area contributed by atoms with Crippen LogP contribution in [0.5, 0.6) is 0 Å². The Morgan fingerprint density at radius 1 is 0.833 bits per heavy atom. The summed E-state index contributed by atoms with van der Waals surface area (Å²) >= 11 is 0. The van der Waals surface area contributed by atoms with Crippen LogP contribution in [0, 0.1) is 5.92 Å². The van der Waals surface area contributed by atoms with E-state index < -0.39 is 0 Å². The number of benzene rings is 2. The van der Waals surface area contributed by atoms with E-state index in [2.05, 4.69) is 64.8 Å². The molecule has 1 heterocycles. The number of halogens is 2. The highest BCUT2D eigenvalue weighted by Crippen LogP contribution is 2.45. The predicted molar refractivity (Wildman–Crippen MR) is 106 cm³/mol. The van der Waals surface area contributed by atoms with E-state index in [0.29, 0.717) is 6.04 Å². The second kappa shape index (κ2) is 8.87. The number of nitrogens with one attached hydrogen (secondary N) is 1. The summed E-state index contributed by atoms with van der Waals surface area (Å²) in [6.07, 6.45) is 2.79. The molecule has 1 saturated heterocycles. The quantitative estimate of drug-likeness (QED) is 0.855. The highest BCUT2D eigenvalue weighted by Gasteiger charge is 2.36. The van der Waals surface area contributed by atoms with Gasteiger partial charge in [-0.05, 0) is 41.5 Å². The fraction of sp³-hybridized carbons (Fsp3) is 0.400. The van der Waals surface area contributed by atoms with Gasteiger partial charge in [0.05, 0.1) is 0 Å². The minimum Gasteiger partial charge on any atom is -0.314 e. The van der Waals surface area contributed by atoms with Gasteiger partial charge in [-0.15, -0.1) is 24.8 Å². The van der Waals surface area contributed by atoms with Gasteiger partial charge in [0.2, 0.25) is 0 Å². The Bertz CT molecular complexity index is 623. The molecule has 0 aromatic heterocycles. The Labute approximate surface area is 157 Å². The van der Waals surface area contributed by atoms with Gasteiger partial charge in [0.15, 0.2) is 0 Å². The summed E-state index contributed by atoms with van der Waals surface area (Å²) < 4.78 is 0. The molecular formula is C20H26Cl2N2. The zero-order valence-corrected chi connectivity index (χ0v) is 15.5. The highest BCUT2D eigenvalue weighted by molar-refractivity contribution is 5.85. The fourth-order valence-electron chi connectivity index (χ4n) is 3.69. The second-order valence-electron chi connectivity index (χ2n) is 6.56. The smallest absolute Gasteiger partial charge is 0.0377 e. The van der Waals surface area contributed by atoms with Crippen molar-refractivity contribution >= 4 is 24.8 Å². The molecule has 0 unspecified atom stereocenters. The van der Waals surface area contributed by atoms with E-state index in [1.54, 1.807) is 0 Å². The Kier molecular flexibility index (Phi) is 7.12.